The molecule has 2 bridgehead atoms. The molecule has 0 spiro atoms. The Morgan fingerprint density at radius 3 is 2.75 bits per heavy atom. The molecule has 32 heavy (non-hydrogen) atoms. The zero-order valence-corrected chi connectivity index (χ0v) is 17.9. The maximum absolute atomic E-state index is 15.1. The van der Waals surface area contributed by atoms with E-state index in [0.717, 1.165) is 24.0 Å². The monoisotopic (exact) mass is 438 g/mol. The lowest BCUT2D eigenvalue weighted by Crippen LogP contribution is -2.57. The molecule has 2 fully saturated rings. The van der Waals surface area contributed by atoms with E-state index in [1.54, 1.807) is 35.4 Å². The number of hydrogen-bond acceptors (Lipinski definition) is 7. The predicted molar refractivity (Wildman–Crippen MR) is 119 cm³/mol. The number of aromatic hydroxyl groups is 1. The minimum atomic E-state index is -1.02. The fraction of sp³-hybridized carbons (Fsp3) is 0.435. The molecule has 2 aliphatic rings. The van der Waals surface area contributed by atoms with Crippen molar-refractivity contribution in [2.45, 2.75) is 43.6 Å². The van der Waals surface area contributed by atoms with E-state index in [2.05, 4.69) is 20.4 Å². The Kier molecular flexibility index (Phi) is 5.52. The summed E-state index contributed by atoms with van der Waals surface area (Å²) in [6.07, 6.45) is 8.27. The van der Waals surface area contributed by atoms with Crippen LogP contribution in [0.5, 0.6) is 5.75 Å². The van der Waals surface area contributed by atoms with Crippen molar-refractivity contribution in [3.8, 4) is 28.1 Å². The molecule has 3 N–H and O–H groups in total. The summed E-state index contributed by atoms with van der Waals surface area (Å²) >= 11 is 0. The van der Waals surface area contributed by atoms with Crippen molar-refractivity contribution in [1.29, 1.82) is 0 Å². The van der Waals surface area contributed by atoms with E-state index in [9.17, 15) is 10.2 Å². The summed E-state index contributed by atoms with van der Waals surface area (Å²) in [4.78, 5) is 10.8. The lowest BCUT2D eigenvalue weighted by atomic mass is 9.96. The van der Waals surface area contributed by atoms with Gasteiger partial charge in [-0.1, -0.05) is 6.07 Å². The first-order valence-corrected chi connectivity index (χ1v) is 11.0. The SMILES string of the molecule is Cn1cc(-c2ccc(-c3cnc(N(CCO)[C@H]4C[C@@H]5CC[C@@H](N5)[C@H]4F)cn3)c(O)c2)cn1. The molecule has 0 saturated carbocycles. The van der Waals surface area contributed by atoms with Crippen LogP contribution in [0.1, 0.15) is 19.3 Å². The average molecular weight is 439 g/mol. The minimum absolute atomic E-state index is 0.0913. The third-order valence-electron chi connectivity index (χ3n) is 6.54. The molecule has 4 atom stereocenters. The molecule has 2 aromatic heterocycles. The van der Waals surface area contributed by atoms with Crippen LogP contribution in [0.25, 0.3) is 22.4 Å². The van der Waals surface area contributed by atoms with Gasteiger partial charge in [0.1, 0.15) is 17.7 Å². The number of anilines is 1. The number of piperidine rings is 1. The highest BCUT2D eigenvalue weighted by atomic mass is 19.1. The molecule has 8 nitrogen and oxygen atoms in total. The number of nitrogens with one attached hydrogen (secondary N) is 1. The number of aromatic nitrogens is 4. The lowest BCUT2D eigenvalue weighted by Gasteiger charge is -2.40. The highest BCUT2D eigenvalue weighted by molar-refractivity contribution is 5.73. The van der Waals surface area contributed by atoms with Crippen LogP contribution in [0.15, 0.2) is 43.0 Å². The molecule has 5 rings (SSSR count). The molecule has 0 unspecified atom stereocenters. The van der Waals surface area contributed by atoms with Crippen LogP contribution >= 0.6 is 0 Å². The number of halogens is 1. The molecule has 168 valence electrons. The van der Waals surface area contributed by atoms with Gasteiger partial charge >= 0.3 is 0 Å². The van der Waals surface area contributed by atoms with Gasteiger partial charge in [-0.25, -0.2) is 9.37 Å². The van der Waals surface area contributed by atoms with E-state index in [0.29, 0.717) is 36.1 Å². The summed E-state index contributed by atoms with van der Waals surface area (Å²) < 4.78 is 16.8. The quantitative estimate of drug-likeness (QED) is 0.543. The molecule has 4 heterocycles. The second-order valence-corrected chi connectivity index (χ2v) is 8.61. The molecule has 0 radical (unpaired) electrons. The summed E-state index contributed by atoms with van der Waals surface area (Å²) in [6, 6.07) is 5.21. The maximum Gasteiger partial charge on any atom is 0.147 e. The van der Waals surface area contributed by atoms with Gasteiger partial charge < -0.3 is 20.4 Å². The zero-order valence-electron chi connectivity index (χ0n) is 17.9. The van der Waals surface area contributed by atoms with Crippen LogP contribution in [0, 0.1) is 0 Å². The van der Waals surface area contributed by atoms with Crippen LogP contribution in [-0.4, -0.2) is 67.4 Å². The lowest BCUT2D eigenvalue weighted by molar-refractivity contribution is 0.167. The topological polar surface area (TPSA) is 99.3 Å². The Morgan fingerprint density at radius 1 is 1.19 bits per heavy atom. The van der Waals surface area contributed by atoms with Gasteiger partial charge in [0.15, 0.2) is 0 Å². The second-order valence-electron chi connectivity index (χ2n) is 8.61. The number of aryl methyl sites for hydroxylation is 1. The molecule has 0 aliphatic carbocycles. The van der Waals surface area contributed by atoms with Gasteiger partial charge in [0.2, 0.25) is 0 Å². The molecular weight excluding hydrogens is 411 g/mol. The summed E-state index contributed by atoms with van der Waals surface area (Å²) in [5.74, 6) is 0.627. The van der Waals surface area contributed by atoms with Gasteiger partial charge in [-0.05, 0) is 37.0 Å². The summed E-state index contributed by atoms with van der Waals surface area (Å²) in [6.45, 7) is 0.204. The first-order valence-electron chi connectivity index (χ1n) is 11.0. The summed E-state index contributed by atoms with van der Waals surface area (Å²) in [5.41, 5.74) is 2.85. The summed E-state index contributed by atoms with van der Waals surface area (Å²) in [7, 11) is 1.84. The largest absolute Gasteiger partial charge is 0.507 e. The standard InChI is InChI=1S/C23H27FN6O2/c1-29-13-15(10-27-29)14-2-4-17(21(32)8-14)19-11-26-22(12-25-19)30(6-7-31)20-9-16-3-5-18(28-16)23(20)24/h2,4,8,10-13,16,18,20,23,28,31-32H,3,5-7,9H2,1H3/t16-,18+,20-,23+/m0/s1. The zero-order chi connectivity index (χ0) is 22.2. The molecule has 9 heteroatoms. The van der Waals surface area contributed by atoms with E-state index < -0.39 is 6.17 Å². The van der Waals surface area contributed by atoms with Crippen molar-refractivity contribution < 1.29 is 14.6 Å². The third kappa shape index (κ3) is 3.82. The third-order valence-corrected chi connectivity index (χ3v) is 6.54. The van der Waals surface area contributed by atoms with E-state index in [1.165, 1.54) is 0 Å². The van der Waals surface area contributed by atoms with Gasteiger partial charge in [0, 0.05) is 43.0 Å². The Bertz CT molecular complexity index is 1090. The number of benzene rings is 1. The van der Waals surface area contributed by atoms with E-state index in [4.69, 9.17) is 0 Å². The van der Waals surface area contributed by atoms with Crippen molar-refractivity contribution in [2.24, 2.45) is 7.05 Å². The molecule has 1 aromatic carbocycles. The number of aliphatic hydroxyl groups excluding tert-OH is 1. The van der Waals surface area contributed by atoms with Crippen molar-refractivity contribution >= 4 is 5.82 Å². The van der Waals surface area contributed by atoms with Crippen LogP contribution in [0.3, 0.4) is 0 Å². The molecule has 0 amide bonds. The number of rotatable bonds is 6. The number of alkyl halides is 1. The van der Waals surface area contributed by atoms with E-state index in [1.807, 2.05) is 24.2 Å². The Morgan fingerprint density at radius 2 is 2.06 bits per heavy atom. The number of nitrogens with zero attached hydrogens (tertiary/aromatic N) is 5. The smallest absolute Gasteiger partial charge is 0.147 e. The second kappa shape index (κ2) is 8.48. The number of fused-ring (bicyclic) bond motifs is 2. The van der Waals surface area contributed by atoms with Crippen molar-refractivity contribution in [2.75, 3.05) is 18.1 Å². The molecule has 2 aliphatic heterocycles. The molecule has 3 aromatic rings. The Balaban J connectivity index is 1.39. The number of aliphatic hydroxyl groups is 1. The minimum Gasteiger partial charge on any atom is -0.507 e. The van der Waals surface area contributed by atoms with E-state index >= 15 is 4.39 Å². The highest BCUT2D eigenvalue weighted by Gasteiger charge is 2.44. The fourth-order valence-corrected chi connectivity index (χ4v) is 4.94. The van der Waals surface area contributed by atoms with Gasteiger partial charge in [-0.2, -0.15) is 5.10 Å². The Hall–Kier alpha value is -3.04. The number of phenolic OH excluding ortho intramolecular Hbond substituents is 1. The first-order chi connectivity index (χ1) is 15.5. The van der Waals surface area contributed by atoms with Crippen LogP contribution in [-0.2, 0) is 7.05 Å². The molecular formula is C23H27FN6O2. The predicted octanol–water partition coefficient (Wildman–Crippen LogP) is 2.28. The van der Waals surface area contributed by atoms with Crippen molar-refractivity contribution in [3.05, 3.63) is 43.0 Å². The normalized spacial score (nSPS) is 24.6. The van der Waals surface area contributed by atoms with Crippen molar-refractivity contribution in [3.63, 3.8) is 0 Å². The van der Waals surface area contributed by atoms with Gasteiger partial charge in [0.25, 0.3) is 0 Å². The molecule has 2 saturated heterocycles. The summed E-state index contributed by atoms with van der Waals surface area (Å²) in [5, 5.41) is 27.7. The Labute approximate surface area is 185 Å². The van der Waals surface area contributed by atoms with Crippen LogP contribution < -0.4 is 10.2 Å². The van der Waals surface area contributed by atoms with E-state index in [-0.39, 0.29) is 24.4 Å². The van der Waals surface area contributed by atoms with Crippen LogP contribution in [0.4, 0.5) is 10.2 Å². The number of hydrogen-bond donors (Lipinski definition) is 3. The highest BCUT2D eigenvalue weighted by Crippen LogP contribution is 2.35. The maximum atomic E-state index is 15.1. The first kappa shape index (κ1) is 20.8. The van der Waals surface area contributed by atoms with Gasteiger partial charge in [-0.3, -0.25) is 9.67 Å². The van der Waals surface area contributed by atoms with Gasteiger partial charge in [0.05, 0.1) is 36.9 Å². The average Bonchev–Trinajstić information content (AvgIpc) is 3.42. The number of phenols is 1. The fourth-order valence-electron chi connectivity index (χ4n) is 4.94. The van der Waals surface area contributed by atoms with Crippen LogP contribution in [0.2, 0.25) is 0 Å². The van der Waals surface area contributed by atoms with Crippen molar-refractivity contribution in [1.82, 2.24) is 25.1 Å². The van der Waals surface area contributed by atoms with Gasteiger partial charge in [-0.15, -0.1) is 0 Å².